The first-order valence-corrected chi connectivity index (χ1v) is 11.6. The molecule has 0 saturated carbocycles. The summed E-state index contributed by atoms with van der Waals surface area (Å²) in [5.74, 6) is -2.76. The molecule has 31 heavy (non-hydrogen) atoms. The fourth-order valence-corrected chi connectivity index (χ4v) is 4.87. The summed E-state index contributed by atoms with van der Waals surface area (Å²) >= 11 is 6.18. The summed E-state index contributed by atoms with van der Waals surface area (Å²) in [6.07, 6.45) is -1.96. The topological polar surface area (TPSA) is 96.4 Å². The molecule has 0 aliphatic carbocycles. The highest BCUT2D eigenvalue weighted by molar-refractivity contribution is 7.91. The van der Waals surface area contributed by atoms with Crippen LogP contribution in [0.5, 0.6) is 0 Å². The third-order valence-corrected chi connectivity index (χ3v) is 6.59. The molecule has 0 bridgehead atoms. The molecule has 2 heterocycles. The molecule has 172 valence electrons. The Morgan fingerprint density at radius 2 is 2.10 bits per heavy atom. The first-order chi connectivity index (χ1) is 14.3. The van der Waals surface area contributed by atoms with Crippen molar-refractivity contribution >= 4 is 33.0 Å². The van der Waals surface area contributed by atoms with Crippen LogP contribution >= 0.6 is 11.6 Å². The lowest BCUT2D eigenvalue weighted by Crippen LogP contribution is -2.38. The molecule has 1 N–H and O–H groups in total. The predicted octanol–water partition coefficient (Wildman–Crippen LogP) is 2.80. The SMILES string of the molecule is CCN(C(=O)C(C)CS(=O)(=O)CCCC(F)(F)F)c1cn(-c2ccc[n+](O)c2)nc1Cl. The zero-order chi connectivity index (χ0) is 23.4. The van der Waals surface area contributed by atoms with Crippen LogP contribution in [0.4, 0.5) is 18.9 Å². The van der Waals surface area contributed by atoms with Gasteiger partial charge in [0, 0.05) is 29.7 Å². The van der Waals surface area contributed by atoms with Gasteiger partial charge < -0.3 is 4.90 Å². The van der Waals surface area contributed by atoms with Gasteiger partial charge in [0.25, 0.3) is 0 Å². The van der Waals surface area contributed by atoms with Gasteiger partial charge in [-0.2, -0.15) is 18.3 Å². The molecule has 0 fully saturated rings. The minimum atomic E-state index is -4.43. The number of halogens is 4. The largest absolute Gasteiger partial charge is 0.389 e. The lowest BCUT2D eigenvalue weighted by molar-refractivity contribution is -0.904. The number of carbonyl (C=O) groups is 1. The summed E-state index contributed by atoms with van der Waals surface area (Å²) in [5, 5.41) is 13.6. The standard InChI is InChI=1S/C18H23ClF3N4O4S/c1-3-25(15-11-26(23-16(15)19)14-6-4-8-24(28)10-14)17(27)13(2)12-31(29,30)9-5-7-18(20,21)22/h4,6,8,10-11,13,28H,3,5,7,9,12H2,1-2H3/q+1. The molecule has 0 aliphatic heterocycles. The van der Waals surface area contributed by atoms with Crippen LogP contribution in [0.25, 0.3) is 5.69 Å². The van der Waals surface area contributed by atoms with E-state index in [-0.39, 0.29) is 17.4 Å². The van der Waals surface area contributed by atoms with E-state index in [4.69, 9.17) is 11.6 Å². The Hall–Kier alpha value is -2.34. The number of amides is 1. The molecule has 1 amide bonds. The van der Waals surface area contributed by atoms with E-state index in [2.05, 4.69) is 5.10 Å². The molecule has 0 spiro atoms. The molecule has 0 radical (unpaired) electrons. The Morgan fingerprint density at radius 1 is 1.42 bits per heavy atom. The summed E-state index contributed by atoms with van der Waals surface area (Å²) in [7, 11) is -3.86. The first-order valence-electron chi connectivity index (χ1n) is 9.37. The maximum atomic E-state index is 12.9. The lowest BCUT2D eigenvalue weighted by atomic mass is 10.2. The summed E-state index contributed by atoms with van der Waals surface area (Å²) in [4.78, 5) is 14.1. The van der Waals surface area contributed by atoms with E-state index in [1.54, 1.807) is 19.1 Å². The van der Waals surface area contributed by atoms with Crippen molar-refractivity contribution in [1.82, 2.24) is 9.78 Å². The summed E-state index contributed by atoms with van der Waals surface area (Å²) in [5.41, 5.74) is 0.700. The number of alkyl halides is 3. The van der Waals surface area contributed by atoms with Crippen LogP contribution in [0.15, 0.2) is 30.7 Å². The van der Waals surface area contributed by atoms with Crippen LogP contribution < -0.4 is 9.63 Å². The van der Waals surface area contributed by atoms with Gasteiger partial charge in [-0.05, 0) is 19.4 Å². The van der Waals surface area contributed by atoms with Gasteiger partial charge in [-0.15, -0.1) is 0 Å². The second-order valence-electron chi connectivity index (χ2n) is 7.01. The number of sulfone groups is 1. The Morgan fingerprint density at radius 3 is 2.68 bits per heavy atom. The molecule has 1 unspecified atom stereocenters. The molecule has 0 aromatic carbocycles. The van der Waals surface area contributed by atoms with E-state index in [9.17, 15) is 31.6 Å². The number of anilines is 1. The van der Waals surface area contributed by atoms with Gasteiger partial charge in [0.15, 0.2) is 15.0 Å². The van der Waals surface area contributed by atoms with Crippen molar-refractivity contribution in [3.8, 4) is 5.69 Å². The molecule has 1 atom stereocenters. The third-order valence-electron chi connectivity index (χ3n) is 4.40. The number of carbonyl (C=O) groups excluding carboxylic acids is 1. The van der Waals surface area contributed by atoms with E-state index < -0.39 is 52.2 Å². The Balaban J connectivity index is 2.14. The highest BCUT2D eigenvalue weighted by atomic mass is 35.5. The molecular weight excluding hydrogens is 461 g/mol. The highest BCUT2D eigenvalue weighted by Crippen LogP contribution is 2.27. The maximum Gasteiger partial charge on any atom is 0.389 e. The molecule has 0 saturated heterocycles. The van der Waals surface area contributed by atoms with Crippen molar-refractivity contribution in [3.63, 3.8) is 0 Å². The van der Waals surface area contributed by atoms with E-state index in [1.165, 1.54) is 35.1 Å². The average Bonchev–Trinajstić information content (AvgIpc) is 3.02. The molecule has 2 rings (SSSR count). The van der Waals surface area contributed by atoms with Crippen molar-refractivity contribution in [2.45, 2.75) is 32.9 Å². The van der Waals surface area contributed by atoms with E-state index in [1.807, 2.05) is 0 Å². The Labute approximate surface area is 182 Å². The monoisotopic (exact) mass is 483 g/mol. The van der Waals surface area contributed by atoms with Gasteiger partial charge >= 0.3 is 6.18 Å². The normalized spacial score (nSPS) is 13.2. The molecular formula is C18H23ClF3N4O4S+. The van der Waals surface area contributed by atoms with Crippen molar-refractivity contribution in [2.75, 3.05) is 23.0 Å². The van der Waals surface area contributed by atoms with Gasteiger partial charge in [-0.3, -0.25) is 10.0 Å². The van der Waals surface area contributed by atoms with Crippen molar-refractivity contribution in [2.24, 2.45) is 5.92 Å². The number of aromatic nitrogens is 3. The van der Waals surface area contributed by atoms with Crippen LogP contribution in [-0.4, -0.2) is 53.5 Å². The average molecular weight is 484 g/mol. The zero-order valence-corrected chi connectivity index (χ0v) is 18.5. The third kappa shape index (κ3) is 7.10. The molecule has 8 nitrogen and oxygen atoms in total. The molecule has 2 aromatic rings. The number of nitrogens with zero attached hydrogens (tertiary/aromatic N) is 4. The number of hydrogen-bond acceptors (Lipinski definition) is 5. The van der Waals surface area contributed by atoms with Crippen LogP contribution in [0.3, 0.4) is 0 Å². The first kappa shape index (κ1) is 24.9. The fraction of sp³-hybridized carbons (Fsp3) is 0.500. The van der Waals surface area contributed by atoms with Gasteiger partial charge in [-0.1, -0.05) is 18.5 Å². The highest BCUT2D eigenvalue weighted by Gasteiger charge is 2.30. The fourth-order valence-electron chi connectivity index (χ4n) is 2.98. The molecule has 0 aliphatic rings. The smallest absolute Gasteiger partial charge is 0.308 e. The van der Waals surface area contributed by atoms with Crippen LogP contribution in [-0.2, 0) is 14.6 Å². The van der Waals surface area contributed by atoms with Crippen LogP contribution in [0.1, 0.15) is 26.7 Å². The summed E-state index contributed by atoms with van der Waals surface area (Å²) < 4.78 is 63.2. The van der Waals surface area contributed by atoms with Gasteiger partial charge in [0.1, 0.15) is 11.4 Å². The quantitative estimate of drug-likeness (QED) is 0.437. The van der Waals surface area contributed by atoms with Gasteiger partial charge in [-0.25, -0.2) is 13.1 Å². The second kappa shape index (κ2) is 9.86. The number of pyridine rings is 1. The van der Waals surface area contributed by atoms with E-state index in [0.29, 0.717) is 5.69 Å². The second-order valence-corrected chi connectivity index (χ2v) is 9.60. The predicted molar refractivity (Wildman–Crippen MR) is 107 cm³/mol. The summed E-state index contributed by atoms with van der Waals surface area (Å²) in [6.45, 7) is 3.23. The Bertz CT molecular complexity index is 1030. The van der Waals surface area contributed by atoms with Crippen molar-refractivity contribution in [3.05, 3.63) is 35.9 Å². The minimum Gasteiger partial charge on any atom is -0.308 e. The zero-order valence-electron chi connectivity index (χ0n) is 16.9. The minimum absolute atomic E-state index is 0.0104. The van der Waals surface area contributed by atoms with Gasteiger partial charge in [0.2, 0.25) is 18.3 Å². The number of rotatable bonds is 9. The maximum absolute atomic E-state index is 12.9. The lowest BCUT2D eigenvalue weighted by Gasteiger charge is -2.23. The van der Waals surface area contributed by atoms with Crippen molar-refractivity contribution in [1.29, 1.82) is 0 Å². The van der Waals surface area contributed by atoms with Crippen molar-refractivity contribution < 1.29 is 36.3 Å². The molecule has 2 aromatic heterocycles. The number of hydrogen-bond donors (Lipinski definition) is 1. The summed E-state index contributed by atoms with van der Waals surface area (Å²) in [6, 6.07) is 3.22. The van der Waals surface area contributed by atoms with E-state index >= 15 is 0 Å². The van der Waals surface area contributed by atoms with Crippen LogP contribution in [0, 0.1) is 5.92 Å². The van der Waals surface area contributed by atoms with Gasteiger partial charge in [0.05, 0.1) is 17.7 Å². The Kier molecular flexibility index (Phi) is 7.93. The molecule has 13 heteroatoms. The van der Waals surface area contributed by atoms with Crippen LogP contribution in [0.2, 0.25) is 5.15 Å². The van der Waals surface area contributed by atoms with E-state index in [0.717, 1.165) is 4.73 Å².